The molecule has 0 atom stereocenters. The first-order valence-corrected chi connectivity index (χ1v) is 6.84. The molecular formula is C10H9ClN2O2S. The third-order valence-electron chi connectivity index (χ3n) is 2.08. The Morgan fingerprint density at radius 1 is 1.38 bits per heavy atom. The number of halogens is 1. The predicted octanol–water partition coefficient (Wildman–Crippen LogP) is 2.11. The van der Waals surface area contributed by atoms with Crippen molar-refractivity contribution in [1.29, 1.82) is 0 Å². The van der Waals surface area contributed by atoms with Gasteiger partial charge in [0.25, 0.3) is 9.05 Å². The molecule has 2 aromatic rings. The van der Waals surface area contributed by atoms with E-state index in [1.807, 2.05) is 6.92 Å². The van der Waals surface area contributed by atoms with Gasteiger partial charge in [-0.1, -0.05) is 6.07 Å². The normalized spacial score (nSPS) is 11.6. The highest BCUT2D eigenvalue weighted by Gasteiger charge is 2.10. The average Bonchev–Trinajstić information content (AvgIpc) is 2.64. The standard InChI is InChI=1S/C10H9ClN2O2S/c1-8-6-12-13(7-8)9-3-2-4-10(5-9)16(11,14)15/h2-7H,1H3. The maximum absolute atomic E-state index is 11.2. The lowest BCUT2D eigenvalue weighted by Crippen LogP contribution is -1.97. The quantitative estimate of drug-likeness (QED) is 0.774. The Kier molecular flexibility index (Phi) is 2.73. The van der Waals surface area contributed by atoms with Crippen LogP contribution in [0.5, 0.6) is 0 Å². The molecule has 6 heteroatoms. The van der Waals surface area contributed by atoms with Gasteiger partial charge in [0.05, 0.1) is 16.8 Å². The first-order valence-electron chi connectivity index (χ1n) is 4.53. The Morgan fingerprint density at radius 2 is 2.12 bits per heavy atom. The molecule has 0 aliphatic carbocycles. The van der Waals surface area contributed by atoms with E-state index in [0.717, 1.165) is 5.56 Å². The molecule has 84 valence electrons. The molecule has 0 unspecified atom stereocenters. The van der Waals surface area contributed by atoms with Crippen LogP contribution in [-0.4, -0.2) is 18.2 Å². The van der Waals surface area contributed by atoms with Crippen LogP contribution < -0.4 is 0 Å². The van der Waals surface area contributed by atoms with Crippen molar-refractivity contribution in [1.82, 2.24) is 9.78 Å². The van der Waals surface area contributed by atoms with Crippen molar-refractivity contribution in [2.24, 2.45) is 0 Å². The van der Waals surface area contributed by atoms with Crippen LogP contribution in [0, 0.1) is 6.92 Å². The van der Waals surface area contributed by atoms with Crippen molar-refractivity contribution in [3.63, 3.8) is 0 Å². The highest BCUT2D eigenvalue weighted by atomic mass is 35.7. The van der Waals surface area contributed by atoms with Crippen LogP contribution in [0.3, 0.4) is 0 Å². The summed E-state index contributed by atoms with van der Waals surface area (Å²) < 4.78 is 23.9. The SMILES string of the molecule is Cc1cnn(-c2cccc(S(=O)(=O)Cl)c2)c1. The number of hydrogen-bond donors (Lipinski definition) is 0. The van der Waals surface area contributed by atoms with Crippen molar-refractivity contribution in [2.75, 3.05) is 0 Å². The molecule has 0 spiro atoms. The number of nitrogens with zero attached hydrogens (tertiary/aromatic N) is 2. The minimum absolute atomic E-state index is 0.0693. The van der Waals surface area contributed by atoms with Gasteiger partial charge in [-0.05, 0) is 30.7 Å². The summed E-state index contributed by atoms with van der Waals surface area (Å²) >= 11 is 0. The summed E-state index contributed by atoms with van der Waals surface area (Å²) in [7, 11) is 1.57. The van der Waals surface area contributed by atoms with Gasteiger partial charge in [0.2, 0.25) is 0 Å². The van der Waals surface area contributed by atoms with Gasteiger partial charge in [-0.15, -0.1) is 0 Å². The molecule has 16 heavy (non-hydrogen) atoms. The molecule has 2 rings (SSSR count). The second-order valence-electron chi connectivity index (χ2n) is 3.40. The van der Waals surface area contributed by atoms with Crippen LogP contribution in [0.1, 0.15) is 5.56 Å². The first kappa shape index (κ1) is 11.2. The van der Waals surface area contributed by atoms with Gasteiger partial charge in [-0.3, -0.25) is 0 Å². The topological polar surface area (TPSA) is 52.0 Å². The van der Waals surface area contributed by atoms with Crippen LogP contribution in [0.4, 0.5) is 0 Å². The Hall–Kier alpha value is -1.33. The zero-order valence-electron chi connectivity index (χ0n) is 8.46. The fourth-order valence-corrected chi connectivity index (χ4v) is 2.12. The monoisotopic (exact) mass is 256 g/mol. The van der Waals surface area contributed by atoms with E-state index in [2.05, 4.69) is 5.10 Å². The van der Waals surface area contributed by atoms with Crippen LogP contribution in [-0.2, 0) is 9.05 Å². The molecule has 1 aromatic carbocycles. The van der Waals surface area contributed by atoms with Gasteiger partial charge in [-0.25, -0.2) is 13.1 Å². The molecule has 0 aliphatic heterocycles. The fraction of sp³-hybridized carbons (Fsp3) is 0.100. The summed E-state index contributed by atoms with van der Waals surface area (Å²) in [6.07, 6.45) is 3.50. The van der Waals surface area contributed by atoms with Crippen molar-refractivity contribution in [2.45, 2.75) is 11.8 Å². The zero-order valence-corrected chi connectivity index (χ0v) is 10.0. The number of aromatic nitrogens is 2. The second-order valence-corrected chi connectivity index (χ2v) is 5.96. The first-order chi connectivity index (χ1) is 7.47. The maximum atomic E-state index is 11.2. The van der Waals surface area contributed by atoms with Gasteiger partial charge in [0.1, 0.15) is 0 Å². The Labute approximate surface area is 97.9 Å². The summed E-state index contributed by atoms with van der Waals surface area (Å²) in [6, 6.07) is 6.32. The summed E-state index contributed by atoms with van der Waals surface area (Å²) in [4.78, 5) is 0.0693. The Balaban J connectivity index is 2.52. The van der Waals surface area contributed by atoms with Crippen molar-refractivity contribution in [3.05, 3.63) is 42.2 Å². The number of rotatable bonds is 2. The molecule has 0 amide bonds. The minimum atomic E-state index is -3.70. The molecule has 1 heterocycles. The van der Waals surface area contributed by atoms with Gasteiger partial charge in [-0.2, -0.15) is 5.10 Å². The molecule has 0 fully saturated rings. The van der Waals surface area contributed by atoms with Crippen molar-refractivity contribution in [3.8, 4) is 5.69 Å². The molecule has 0 bridgehead atoms. The molecule has 0 radical (unpaired) electrons. The second kappa shape index (κ2) is 3.92. The van der Waals surface area contributed by atoms with Crippen LogP contribution in [0.2, 0.25) is 0 Å². The average molecular weight is 257 g/mol. The highest BCUT2D eigenvalue weighted by molar-refractivity contribution is 8.13. The van der Waals surface area contributed by atoms with E-state index < -0.39 is 9.05 Å². The number of hydrogen-bond acceptors (Lipinski definition) is 3. The molecular weight excluding hydrogens is 248 g/mol. The van der Waals surface area contributed by atoms with Crippen LogP contribution >= 0.6 is 10.7 Å². The number of aryl methyl sites for hydroxylation is 1. The van der Waals surface area contributed by atoms with E-state index in [4.69, 9.17) is 10.7 Å². The smallest absolute Gasteiger partial charge is 0.241 e. The molecule has 0 saturated carbocycles. The van der Waals surface area contributed by atoms with Gasteiger partial charge in [0, 0.05) is 16.9 Å². The molecule has 0 N–H and O–H groups in total. The molecule has 1 aromatic heterocycles. The Morgan fingerprint density at radius 3 is 2.69 bits per heavy atom. The minimum Gasteiger partial charge on any atom is -0.241 e. The summed E-state index contributed by atoms with van der Waals surface area (Å²) in [5.41, 5.74) is 1.66. The van der Waals surface area contributed by atoms with E-state index >= 15 is 0 Å². The van der Waals surface area contributed by atoms with Crippen molar-refractivity contribution >= 4 is 19.7 Å². The van der Waals surface area contributed by atoms with Gasteiger partial charge < -0.3 is 0 Å². The lowest BCUT2D eigenvalue weighted by Gasteiger charge is -2.02. The van der Waals surface area contributed by atoms with E-state index in [-0.39, 0.29) is 4.90 Å². The van der Waals surface area contributed by atoms with Gasteiger partial charge >= 0.3 is 0 Å². The zero-order chi connectivity index (χ0) is 11.8. The van der Waals surface area contributed by atoms with E-state index in [1.165, 1.54) is 12.1 Å². The molecule has 4 nitrogen and oxygen atoms in total. The van der Waals surface area contributed by atoms with Crippen LogP contribution in [0.15, 0.2) is 41.6 Å². The van der Waals surface area contributed by atoms with E-state index in [1.54, 1.807) is 29.2 Å². The van der Waals surface area contributed by atoms with Gasteiger partial charge in [0.15, 0.2) is 0 Å². The maximum Gasteiger partial charge on any atom is 0.261 e. The fourth-order valence-electron chi connectivity index (χ4n) is 1.33. The third kappa shape index (κ3) is 2.25. The summed E-state index contributed by atoms with van der Waals surface area (Å²) in [5, 5.41) is 4.09. The highest BCUT2D eigenvalue weighted by Crippen LogP contribution is 2.18. The van der Waals surface area contributed by atoms with Crippen LogP contribution in [0.25, 0.3) is 5.69 Å². The van der Waals surface area contributed by atoms with Crippen molar-refractivity contribution < 1.29 is 8.42 Å². The van der Waals surface area contributed by atoms with E-state index in [0.29, 0.717) is 5.69 Å². The third-order valence-corrected chi connectivity index (χ3v) is 3.43. The number of benzene rings is 1. The predicted molar refractivity (Wildman–Crippen MR) is 61.3 cm³/mol. The molecule has 0 aliphatic rings. The lowest BCUT2D eigenvalue weighted by molar-refractivity contribution is 0.609. The van der Waals surface area contributed by atoms with E-state index in [9.17, 15) is 8.42 Å². The largest absolute Gasteiger partial charge is 0.261 e. The summed E-state index contributed by atoms with van der Waals surface area (Å²) in [5.74, 6) is 0. The molecule has 0 saturated heterocycles. The lowest BCUT2D eigenvalue weighted by atomic mass is 10.3. The Bertz CT molecular complexity index is 619. The summed E-state index contributed by atoms with van der Waals surface area (Å²) in [6.45, 7) is 1.91.